The number of anilines is 1. The third kappa shape index (κ3) is 2.93. The van der Waals surface area contributed by atoms with Crippen LogP contribution in [0, 0.1) is 5.82 Å². The number of thioether (sulfide) groups is 1. The van der Waals surface area contributed by atoms with E-state index in [9.17, 15) is 4.39 Å². The van der Waals surface area contributed by atoms with E-state index in [2.05, 4.69) is 15.3 Å². The maximum Gasteiger partial charge on any atom is 0.166 e. The predicted molar refractivity (Wildman–Crippen MR) is 81.7 cm³/mol. The number of aromatic amines is 1. The van der Waals surface area contributed by atoms with Gasteiger partial charge in [-0.1, -0.05) is 36.0 Å². The largest absolute Gasteiger partial charge is 0.382 e. The van der Waals surface area contributed by atoms with E-state index < -0.39 is 0 Å². The zero-order valence-corrected chi connectivity index (χ0v) is 11.6. The molecule has 0 saturated heterocycles. The van der Waals surface area contributed by atoms with Crippen molar-refractivity contribution in [2.45, 2.75) is 5.16 Å². The molecule has 3 aromatic rings. The van der Waals surface area contributed by atoms with Gasteiger partial charge in [-0.3, -0.25) is 0 Å². The van der Waals surface area contributed by atoms with E-state index in [1.807, 2.05) is 30.3 Å². The highest BCUT2D eigenvalue weighted by molar-refractivity contribution is 7.99. The van der Waals surface area contributed by atoms with Crippen molar-refractivity contribution in [2.24, 2.45) is 0 Å². The fraction of sp³-hybridized carbons (Fsp3) is 0.133. The Morgan fingerprint density at radius 3 is 2.75 bits per heavy atom. The number of aromatic nitrogens is 2. The van der Waals surface area contributed by atoms with Crippen LogP contribution in [0.3, 0.4) is 0 Å². The van der Waals surface area contributed by atoms with Crippen LogP contribution in [-0.2, 0) is 0 Å². The molecule has 0 atom stereocenters. The molecule has 0 radical (unpaired) electrons. The van der Waals surface area contributed by atoms with E-state index in [0.29, 0.717) is 12.2 Å². The van der Waals surface area contributed by atoms with E-state index in [1.54, 1.807) is 23.9 Å². The molecular weight excluding hydrogens is 273 g/mol. The summed E-state index contributed by atoms with van der Waals surface area (Å²) in [6.07, 6.45) is 0. The van der Waals surface area contributed by atoms with Gasteiger partial charge in [-0.15, -0.1) is 0 Å². The molecule has 0 aliphatic carbocycles. The summed E-state index contributed by atoms with van der Waals surface area (Å²) in [5.41, 5.74) is 2.55. The Morgan fingerprint density at radius 1 is 1.10 bits per heavy atom. The van der Waals surface area contributed by atoms with Crippen molar-refractivity contribution >= 4 is 28.5 Å². The van der Waals surface area contributed by atoms with E-state index in [1.165, 1.54) is 6.07 Å². The summed E-state index contributed by atoms with van der Waals surface area (Å²) in [7, 11) is 0. The molecule has 3 nitrogen and oxygen atoms in total. The van der Waals surface area contributed by atoms with E-state index in [-0.39, 0.29) is 5.82 Å². The molecule has 0 fully saturated rings. The van der Waals surface area contributed by atoms with Gasteiger partial charge in [0.15, 0.2) is 5.16 Å². The number of para-hydroxylation sites is 3. The molecule has 0 bridgehead atoms. The lowest BCUT2D eigenvalue weighted by Crippen LogP contribution is -2.05. The van der Waals surface area contributed by atoms with Crippen LogP contribution in [0.1, 0.15) is 0 Å². The second kappa shape index (κ2) is 5.96. The second-order valence-corrected chi connectivity index (χ2v) is 5.40. The number of halogens is 1. The molecule has 1 heterocycles. The fourth-order valence-electron chi connectivity index (χ4n) is 1.94. The Hall–Kier alpha value is -2.01. The molecular formula is C15H14FN3S. The summed E-state index contributed by atoms with van der Waals surface area (Å²) in [6, 6.07) is 14.6. The topological polar surface area (TPSA) is 40.7 Å². The first-order chi connectivity index (χ1) is 9.83. The zero-order valence-electron chi connectivity index (χ0n) is 10.8. The molecule has 2 aromatic carbocycles. The van der Waals surface area contributed by atoms with Crippen molar-refractivity contribution in [2.75, 3.05) is 17.6 Å². The van der Waals surface area contributed by atoms with Gasteiger partial charge in [-0.25, -0.2) is 9.37 Å². The Bertz CT molecular complexity index is 678. The normalized spacial score (nSPS) is 10.8. The van der Waals surface area contributed by atoms with Crippen LogP contribution in [0.2, 0.25) is 0 Å². The zero-order chi connectivity index (χ0) is 13.8. The molecule has 0 saturated carbocycles. The summed E-state index contributed by atoms with van der Waals surface area (Å²) in [5, 5.41) is 3.97. The number of benzene rings is 2. The predicted octanol–water partition coefficient (Wildman–Crippen LogP) is 3.91. The SMILES string of the molecule is Fc1ccccc1NCCSc1nc2ccccc2[nH]1. The third-order valence-electron chi connectivity index (χ3n) is 2.90. The van der Waals surface area contributed by atoms with Crippen LogP contribution >= 0.6 is 11.8 Å². The van der Waals surface area contributed by atoms with Gasteiger partial charge in [0.2, 0.25) is 0 Å². The number of hydrogen-bond donors (Lipinski definition) is 2. The summed E-state index contributed by atoms with van der Waals surface area (Å²) in [4.78, 5) is 7.74. The summed E-state index contributed by atoms with van der Waals surface area (Å²) in [5.74, 6) is 0.593. The third-order valence-corrected chi connectivity index (χ3v) is 3.77. The molecule has 0 aliphatic rings. The minimum absolute atomic E-state index is 0.221. The van der Waals surface area contributed by atoms with Crippen LogP contribution in [0.4, 0.5) is 10.1 Å². The van der Waals surface area contributed by atoms with Crippen molar-refractivity contribution < 1.29 is 4.39 Å². The first kappa shape index (κ1) is 13.0. The molecule has 20 heavy (non-hydrogen) atoms. The Balaban J connectivity index is 1.54. The molecule has 0 amide bonds. The van der Waals surface area contributed by atoms with Gasteiger partial charge in [0.1, 0.15) is 5.82 Å². The van der Waals surface area contributed by atoms with E-state index in [4.69, 9.17) is 0 Å². The fourth-order valence-corrected chi connectivity index (χ4v) is 2.68. The highest BCUT2D eigenvalue weighted by atomic mass is 32.2. The van der Waals surface area contributed by atoms with Gasteiger partial charge in [0.25, 0.3) is 0 Å². The number of nitrogens with one attached hydrogen (secondary N) is 2. The Morgan fingerprint density at radius 2 is 1.90 bits per heavy atom. The highest BCUT2D eigenvalue weighted by Gasteiger charge is 2.03. The molecule has 0 spiro atoms. The molecule has 1 aromatic heterocycles. The monoisotopic (exact) mass is 287 g/mol. The lowest BCUT2D eigenvalue weighted by molar-refractivity contribution is 0.630. The van der Waals surface area contributed by atoms with Crippen molar-refractivity contribution in [1.82, 2.24) is 9.97 Å². The van der Waals surface area contributed by atoms with E-state index >= 15 is 0 Å². The van der Waals surface area contributed by atoms with Crippen LogP contribution < -0.4 is 5.32 Å². The molecule has 0 unspecified atom stereocenters. The van der Waals surface area contributed by atoms with E-state index in [0.717, 1.165) is 21.9 Å². The average molecular weight is 287 g/mol. The quantitative estimate of drug-likeness (QED) is 0.552. The van der Waals surface area contributed by atoms with Crippen molar-refractivity contribution in [3.8, 4) is 0 Å². The Labute approximate surface area is 120 Å². The Kier molecular flexibility index (Phi) is 3.87. The smallest absolute Gasteiger partial charge is 0.166 e. The minimum atomic E-state index is -0.221. The highest BCUT2D eigenvalue weighted by Crippen LogP contribution is 2.19. The van der Waals surface area contributed by atoms with Crippen LogP contribution in [0.15, 0.2) is 53.7 Å². The maximum atomic E-state index is 13.4. The van der Waals surface area contributed by atoms with Crippen LogP contribution in [0.5, 0.6) is 0 Å². The van der Waals surface area contributed by atoms with Gasteiger partial charge in [0, 0.05) is 12.3 Å². The summed E-state index contributed by atoms with van der Waals surface area (Å²) < 4.78 is 13.4. The second-order valence-electron chi connectivity index (χ2n) is 4.31. The maximum absolute atomic E-state index is 13.4. The van der Waals surface area contributed by atoms with Gasteiger partial charge in [-0.2, -0.15) is 0 Å². The first-order valence-electron chi connectivity index (χ1n) is 6.39. The molecule has 102 valence electrons. The van der Waals surface area contributed by atoms with Crippen molar-refractivity contribution in [3.05, 3.63) is 54.3 Å². The molecule has 2 N–H and O–H groups in total. The minimum Gasteiger partial charge on any atom is -0.382 e. The standard InChI is InChI=1S/C15H14FN3S/c16-11-5-1-2-6-12(11)17-9-10-20-15-18-13-7-3-4-8-14(13)19-15/h1-8,17H,9-10H2,(H,18,19). The van der Waals surface area contributed by atoms with Crippen LogP contribution in [-0.4, -0.2) is 22.3 Å². The lowest BCUT2D eigenvalue weighted by Gasteiger charge is -2.05. The van der Waals surface area contributed by atoms with Gasteiger partial charge >= 0.3 is 0 Å². The lowest BCUT2D eigenvalue weighted by atomic mass is 10.3. The number of imidazole rings is 1. The van der Waals surface area contributed by atoms with Gasteiger partial charge in [-0.05, 0) is 24.3 Å². The molecule has 0 aliphatic heterocycles. The summed E-state index contributed by atoms with van der Waals surface area (Å²) in [6.45, 7) is 0.683. The number of nitrogens with zero attached hydrogens (tertiary/aromatic N) is 1. The van der Waals surface area contributed by atoms with Crippen LogP contribution in [0.25, 0.3) is 11.0 Å². The molecule has 3 rings (SSSR count). The van der Waals surface area contributed by atoms with Gasteiger partial charge < -0.3 is 10.3 Å². The number of hydrogen-bond acceptors (Lipinski definition) is 3. The summed E-state index contributed by atoms with van der Waals surface area (Å²) >= 11 is 1.62. The van der Waals surface area contributed by atoms with Crippen molar-refractivity contribution in [3.63, 3.8) is 0 Å². The average Bonchev–Trinajstić information content (AvgIpc) is 2.88. The number of H-pyrrole nitrogens is 1. The van der Waals surface area contributed by atoms with Gasteiger partial charge in [0.05, 0.1) is 16.7 Å². The number of fused-ring (bicyclic) bond motifs is 1. The van der Waals surface area contributed by atoms with Crippen molar-refractivity contribution in [1.29, 1.82) is 0 Å². The number of rotatable bonds is 5. The first-order valence-corrected chi connectivity index (χ1v) is 7.37. The molecule has 5 heteroatoms.